The van der Waals surface area contributed by atoms with Crippen LogP contribution in [0.2, 0.25) is 5.02 Å². The molecule has 1 aromatic rings. The highest BCUT2D eigenvalue weighted by Crippen LogP contribution is 2.22. The molecule has 0 aliphatic heterocycles. The van der Waals surface area contributed by atoms with Crippen LogP contribution >= 0.6 is 11.6 Å². The topological polar surface area (TPSA) is 69.6 Å². The summed E-state index contributed by atoms with van der Waals surface area (Å²) in [4.78, 5) is 23.3. The molecule has 0 radical (unpaired) electrons. The summed E-state index contributed by atoms with van der Waals surface area (Å²) in [7, 11) is 1.22. The van der Waals surface area contributed by atoms with E-state index in [0.717, 1.165) is 4.90 Å². The van der Waals surface area contributed by atoms with Gasteiger partial charge in [0, 0.05) is 19.3 Å². The standard InChI is InChI=1S/C12H12ClF3N2O3/c1-18(5-4-12(14,15)16)11(21)17-7-2-3-8(10(19)20)9(13)6-7/h2-3,6H,4-5H2,1H3,(H,17,21)(H,19,20). The van der Waals surface area contributed by atoms with Crippen LogP contribution in [0.5, 0.6) is 0 Å². The van der Waals surface area contributed by atoms with Crippen molar-refractivity contribution < 1.29 is 27.9 Å². The Morgan fingerprint density at radius 3 is 2.48 bits per heavy atom. The van der Waals surface area contributed by atoms with E-state index >= 15 is 0 Å². The molecular formula is C12H12ClF3N2O3. The van der Waals surface area contributed by atoms with Crippen LogP contribution in [-0.4, -0.2) is 41.8 Å². The average molecular weight is 325 g/mol. The van der Waals surface area contributed by atoms with Crippen molar-refractivity contribution in [3.8, 4) is 0 Å². The SMILES string of the molecule is CN(CCC(F)(F)F)C(=O)Nc1ccc(C(=O)O)c(Cl)c1. The molecule has 2 amide bonds. The van der Waals surface area contributed by atoms with Crippen LogP contribution in [-0.2, 0) is 0 Å². The minimum atomic E-state index is -4.35. The third-order valence-electron chi connectivity index (χ3n) is 2.53. The maximum Gasteiger partial charge on any atom is 0.390 e. The lowest BCUT2D eigenvalue weighted by molar-refractivity contribution is -0.135. The van der Waals surface area contributed by atoms with Gasteiger partial charge in [-0.05, 0) is 18.2 Å². The Balaban J connectivity index is 2.66. The Morgan fingerprint density at radius 2 is 2.00 bits per heavy atom. The maximum absolute atomic E-state index is 12.0. The first-order valence-corrected chi connectivity index (χ1v) is 6.09. The number of alkyl halides is 3. The van der Waals surface area contributed by atoms with Gasteiger partial charge in [-0.3, -0.25) is 0 Å². The third-order valence-corrected chi connectivity index (χ3v) is 2.84. The van der Waals surface area contributed by atoms with E-state index in [2.05, 4.69) is 5.32 Å². The van der Waals surface area contributed by atoms with Crippen LogP contribution in [0, 0.1) is 0 Å². The number of urea groups is 1. The quantitative estimate of drug-likeness (QED) is 0.891. The van der Waals surface area contributed by atoms with Crippen molar-refractivity contribution in [1.29, 1.82) is 0 Å². The Morgan fingerprint density at radius 1 is 1.38 bits per heavy atom. The van der Waals surface area contributed by atoms with Gasteiger partial charge in [0.1, 0.15) is 0 Å². The van der Waals surface area contributed by atoms with E-state index in [1.165, 1.54) is 25.2 Å². The van der Waals surface area contributed by atoms with Crippen LogP contribution < -0.4 is 5.32 Å². The number of carboxylic acids is 1. The van der Waals surface area contributed by atoms with Crippen LogP contribution in [0.1, 0.15) is 16.8 Å². The molecule has 0 unspecified atom stereocenters. The second-order valence-corrected chi connectivity index (χ2v) is 4.62. The van der Waals surface area contributed by atoms with Crippen molar-refractivity contribution in [1.82, 2.24) is 4.90 Å². The summed E-state index contributed by atoms with van der Waals surface area (Å²) in [5.74, 6) is -1.22. The number of carboxylic acid groups (broad SMARTS) is 1. The van der Waals surface area contributed by atoms with Crippen molar-refractivity contribution in [3.63, 3.8) is 0 Å². The molecule has 1 aromatic carbocycles. The van der Waals surface area contributed by atoms with E-state index in [1.54, 1.807) is 0 Å². The van der Waals surface area contributed by atoms with Gasteiger partial charge in [-0.15, -0.1) is 0 Å². The van der Waals surface area contributed by atoms with Gasteiger partial charge in [0.15, 0.2) is 0 Å². The molecule has 0 fully saturated rings. The second-order valence-electron chi connectivity index (χ2n) is 4.22. The lowest BCUT2D eigenvalue weighted by Gasteiger charge is -2.19. The zero-order chi connectivity index (χ0) is 16.2. The number of amides is 2. The van der Waals surface area contributed by atoms with Gasteiger partial charge in [-0.1, -0.05) is 11.6 Å². The fourth-order valence-corrected chi connectivity index (χ4v) is 1.64. The molecule has 0 atom stereocenters. The normalized spacial score (nSPS) is 11.1. The second kappa shape index (κ2) is 6.66. The van der Waals surface area contributed by atoms with Crippen LogP contribution in [0.15, 0.2) is 18.2 Å². The highest BCUT2D eigenvalue weighted by atomic mass is 35.5. The first kappa shape index (κ1) is 17.1. The number of benzene rings is 1. The molecule has 21 heavy (non-hydrogen) atoms. The average Bonchev–Trinajstić information content (AvgIpc) is 2.34. The van der Waals surface area contributed by atoms with E-state index in [0.29, 0.717) is 0 Å². The molecule has 0 aliphatic carbocycles. The summed E-state index contributed by atoms with van der Waals surface area (Å²) in [5, 5.41) is 11.0. The van der Waals surface area contributed by atoms with Gasteiger partial charge in [0.2, 0.25) is 0 Å². The molecule has 5 nitrogen and oxygen atoms in total. The van der Waals surface area contributed by atoms with E-state index in [-0.39, 0.29) is 16.3 Å². The first-order chi connectivity index (χ1) is 9.60. The molecule has 0 saturated heterocycles. The Hall–Kier alpha value is -1.96. The minimum absolute atomic E-state index is 0.0850. The molecule has 0 heterocycles. The number of halogens is 4. The number of anilines is 1. The number of nitrogens with zero attached hydrogens (tertiary/aromatic N) is 1. The van der Waals surface area contributed by atoms with E-state index in [9.17, 15) is 22.8 Å². The minimum Gasteiger partial charge on any atom is -0.478 e. The maximum atomic E-state index is 12.0. The molecule has 1 rings (SSSR count). The number of carbonyl (C=O) groups is 2. The van der Waals surface area contributed by atoms with Gasteiger partial charge >= 0.3 is 18.2 Å². The van der Waals surface area contributed by atoms with Crippen LogP contribution in [0.3, 0.4) is 0 Å². The molecule has 9 heteroatoms. The van der Waals surface area contributed by atoms with Gasteiger partial charge in [-0.25, -0.2) is 9.59 Å². The van der Waals surface area contributed by atoms with Crippen molar-refractivity contribution in [2.75, 3.05) is 18.9 Å². The number of hydrogen-bond acceptors (Lipinski definition) is 2. The van der Waals surface area contributed by atoms with Crippen LogP contribution in [0.4, 0.5) is 23.7 Å². The third kappa shape index (κ3) is 5.50. The van der Waals surface area contributed by atoms with Crippen molar-refractivity contribution in [3.05, 3.63) is 28.8 Å². The van der Waals surface area contributed by atoms with Gasteiger partial charge in [0.05, 0.1) is 17.0 Å². The fraction of sp³-hybridized carbons (Fsp3) is 0.333. The van der Waals surface area contributed by atoms with E-state index in [1.807, 2.05) is 0 Å². The van der Waals surface area contributed by atoms with Crippen molar-refractivity contribution in [2.45, 2.75) is 12.6 Å². The first-order valence-electron chi connectivity index (χ1n) is 5.72. The summed E-state index contributed by atoms with van der Waals surface area (Å²) < 4.78 is 36.1. The molecule has 0 aliphatic rings. The lowest BCUT2D eigenvalue weighted by Crippen LogP contribution is -2.34. The Bertz CT molecular complexity index is 549. The lowest BCUT2D eigenvalue weighted by atomic mass is 10.2. The Kier molecular flexibility index (Phi) is 5.42. The molecule has 0 bridgehead atoms. The number of nitrogens with one attached hydrogen (secondary N) is 1. The van der Waals surface area contributed by atoms with Gasteiger partial charge in [-0.2, -0.15) is 13.2 Å². The molecule has 0 aromatic heterocycles. The number of rotatable bonds is 4. The molecule has 116 valence electrons. The summed E-state index contributed by atoms with van der Waals surface area (Å²) in [6, 6.07) is 2.94. The summed E-state index contributed by atoms with van der Waals surface area (Å²) in [6.07, 6.45) is -5.46. The fourth-order valence-electron chi connectivity index (χ4n) is 1.38. The highest BCUT2D eigenvalue weighted by Gasteiger charge is 2.28. The van der Waals surface area contributed by atoms with E-state index < -0.39 is 31.1 Å². The summed E-state index contributed by atoms with van der Waals surface area (Å²) >= 11 is 5.71. The number of carbonyl (C=O) groups excluding carboxylic acids is 1. The monoisotopic (exact) mass is 324 g/mol. The number of aromatic carboxylic acids is 1. The predicted molar refractivity (Wildman–Crippen MR) is 70.7 cm³/mol. The molecule has 0 spiro atoms. The highest BCUT2D eigenvalue weighted by molar-refractivity contribution is 6.33. The molecule has 2 N–H and O–H groups in total. The molecular weight excluding hydrogens is 313 g/mol. The van der Waals surface area contributed by atoms with Gasteiger partial charge < -0.3 is 15.3 Å². The van der Waals surface area contributed by atoms with Crippen molar-refractivity contribution >= 4 is 29.3 Å². The number of hydrogen-bond donors (Lipinski definition) is 2. The summed E-state index contributed by atoms with van der Waals surface area (Å²) in [6.45, 7) is -0.490. The zero-order valence-electron chi connectivity index (χ0n) is 10.9. The zero-order valence-corrected chi connectivity index (χ0v) is 11.6. The van der Waals surface area contributed by atoms with Gasteiger partial charge in [0.25, 0.3) is 0 Å². The molecule has 0 saturated carbocycles. The van der Waals surface area contributed by atoms with Crippen molar-refractivity contribution in [2.24, 2.45) is 0 Å². The van der Waals surface area contributed by atoms with Crippen LogP contribution in [0.25, 0.3) is 0 Å². The van der Waals surface area contributed by atoms with E-state index in [4.69, 9.17) is 16.7 Å². The Labute approximate surface area is 123 Å². The largest absolute Gasteiger partial charge is 0.478 e. The smallest absolute Gasteiger partial charge is 0.390 e. The predicted octanol–water partition coefficient (Wildman–Crippen LogP) is 3.45. The summed E-state index contributed by atoms with van der Waals surface area (Å²) in [5.41, 5.74) is 0.0500.